The third kappa shape index (κ3) is 4.89. The molecule has 0 saturated heterocycles. The van der Waals surface area contributed by atoms with E-state index in [9.17, 15) is 31.1 Å². The second-order valence-corrected chi connectivity index (χ2v) is 8.46. The van der Waals surface area contributed by atoms with Gasteiger partial charge in [0.1, 0.15) is 0 Å². The van der Waals surface area contributed by atoms with E-state index >= 15 is 0 Å². The smallest absolute Gasteiger partial charge is 0.298 e. The standard InChI is InChI=1S/C19H16F6N4OS/c1-17(2,3)13-9-31-16(27-13)28-15(30)12-8-26-29(14(12)19(23,24)25)11-6-4-5-10(7-11)18(20,21)22/h4-9H,1-3H3,(H,27,28,30). The molecular weight excluding hydrogens is 446 g/mol. The summed E-state index contributed by atoms with van der Waals surface area (Å²) in [5.41, 5.74) is -3.63. The quantitative estimate of drug-likeness (QED) is 0.492. The van der Waals surface area contributed by atoms with Crippen molar-refractivity contribution in [3.63, 3.8) is 0 Å². The molecule has 0 fully saturated rings. The van der Waals surface area contributed by atoms with Crippen LogP contribution in [0.1, 0.15) is 48.1 Å². The highest BCUT2D eigenvalue weighted by Crippen LogP contribution is 2.36. The number of hydrogen-bond donors (Lipinski definition) is 1. The lowest BCUT2D eigenvalue weighted by atomic mass is 9.93. The molecule has 0 unspecified atom stereocenters. The van der Waals surface area contributed by atoms with E-state index in [4.69, 9.17) is 0 Å². The van der Waals surface area contributed by atoms with Crippen LogP contribution in [-0.2, 0) is 17.8 Å². The maximum absolute atomic E-state index is 13.7. The molecule has 2 heterocycles. The second kappa shape index (κ2) is 7.66. The number of carbonyl (C=O) groups is 1. The highest BCUT2D eigenvalue weighted by molar-refractivity contribution is 7.14. The summed E-state index contributed by atoms with van der Waals surface area (Å²) in [6, 6.07) is 3.25. The summed E-state index contributed by atoms with van der Waals surface area (Å²) in [6.07, 6.45) is -9.15. The average molecular weight is 462 g/mol. The molecule has 1 aromatic carbocycles. The number of alkyl halides is 6. The van der Waals surface area contributed by atoms with Crippen molar-refractivity contribution in [2.75, 3.05) is 5.32 Å². The van der Waals surface area contributed by atoms with Gasteiger partial charge in [0.15, 0.2) is 10.8 Å². The SMILES string of the molecule is CC(C)(C)c1csc(NC(=O)c2cnn(-c3cccc(C(F)(F)F)c3)c2C(F)(F)F)n1. The van der Waals surface area contributed by atoms with Crippen molar-refractivity contribution in [2.24, 2.45) is 0 Å². The molecule has 2 aromatic heterocycles. The molecule has 0 aliphatic heterocycles. The summed E-state index contributed by atoms with van der Waals surface area (Å²) < 4.78 is 80.4. The number of aromatic nitrogens is 3. The van der Waals surface area contributed by atoms with Crippen LogP contribution in [0, 0.1) is 0 Å². The van der Waals surface area contributed by atoms with Crippen LogP contribution in [0.15, 0.2) is 35.8 Å². The van der Waals surface area contributed by atoms with Crippen molar-refractivity contribution >= 4 is 22.4 Å². The Labute approximate surface area is 176 Å². The van der Waals surface area contributed by atoms with Gasteiger partial charge in [-0.3, -0.25) is 10.1 Å². The lowest BCUT2D eigenvalue weighted by Crippen LogP contribution is -2.21. The van der Waals surface area contributed by atoms with Crippen molar-refractivity contribution in [3.05, 3.63) is 58.4 Å². The molecule has 0 saturated carbocycles. The molecule has 1 N–H and O–H groups in total. The van der Waals surface area contributed by atoms with Crippen LogP contribution in [0.2, 0.25) is 0 Å². The lowest BCUT2D eigenvalue weighted by Gasteiger charge is -2.14. The van der Waals surface area contributed by atoms with Crippen molar-refractivity contribution in [2.45, 2.75) is 38.5 Å². The van der Waals surface area contributed by atoms with E-state index in [1.807, 2.05) is 20.8 Å². The van der Waals surface area contributed by atoms with Crippen LogP contribution in [0.4, 0.5) is 31.5 Å². The van der Waals surface area contributed by atoms with Gasteiger partial charge in [0.25, 0.3) is 5.91 Å². The van der Waals surface area contributed by atoms with Gasteiger partial charge in [-0.05, 0) is 18.2 Å². The van der Waals surface area contributed by atoms with Gasteiger partial charge < -0.3 is 0 Å². The van der Waals surface area contributed by atoms with Gasteiger partial charge >= 0.3 is 12.4 Å². The van der Waals surface area contributed by atoms with Gasteiger partial charge in [-0.1, -0.05) is 26.8 Å². The van der Waals surface area contributed by atoms with Gasteiger partial charge in [0.05, 0.1) is 28.7 Å². The van der Waals surface area contributed by atoms with E-state index in [-0.39, 0.29) is 15.2 Å². The van der Waals surface area contributed by atoms with Crippen molar-refractivity contribution in [1.29, 1.82) is 0 Å². The minimum absolute atomic E-state index is 0.0925. The Kier molecular flexibility index (Phi) is 5.63. The fourth-order valence-corrected chi connectivity index (χ4v) is 3.57. The molecule has 0 spiro atoms. The third-order valence-electron chi connectivity index (χ3n) is 4.19. The van der Waals surface area contributed by atoms with Crippen LogP contribution in [0.25, 0.3) is 5.69 Å². The van der Waals surface area contributed by atoms with E-state index in [0.717, 1.165) is 29.5 Å². The molecule has 3 aromatic rings. The van der Waals surface area contributed by atoms with E-state index in [1.54, 1.807) is 5.38 Å². The number of benzene rings is 1. The number of thiazole rings is 1. The Morgan fingerprint density at radius 1 is 1.06 bits per heavy atom. The van der Waals surface area contributed by atoms with Gasteiger partial charge in [0, 0.05) is 10.8 Å². The summed E-state index contributed by atoms with van der Waals surface area (Å²) in [4.78, 5) is 16.7. The number of rotatable bonds is 3. The second-order valence-electron chi connectivity index (χ2n) is 7.61. The van der Waals surface area contributed by atoms with Crippen molar-refractivity contribution in [3.8, 4) is 5.69 Å². The number of hydrogen-bond acceptors (Lipinski definition) is 4. The van der Waals surface area contributed by atoms with Gasteiger partial charge in [0.2, 0.25) is 0 Å². The fraction of sp³-hybridized carbons (Fsp3) is 0.316. The first-order valence-electron chi connectivity index (χ1n) is 8.78. The Morgan fingerprint density at radius 2 is 1.74 bits per heavy atom. The molecule has 31 heavy (non-hydrogen) atoms. The summed E-state index contributed by atoms with van der Waals surface area (Å²) >= 11 is 1.04. The summed E-state index contributed by atoms with van der Waals surface area (Å²) in [5.74, 6) is -1.12. The average Bonchev–Trinajstić information content (AvgIpc) is 3.27. The minimum Gasteiger partial charge on any atom is -0.298 e. The lowest BCUT2D eigenvalue weighted by molar-refractivity contribution is -0.143. The van der Waals surface area contributed by atoms with E-state index in [2.05, 4.69) is 15.4 Å². The van der Waals surface area contributed by atoms with Gasteiger partial charge in [-0.2, -0.15) is 31.4 Å². The maximum atomic E-state index is 13.7. The summed E-state index contributed by atoms with van der Waals surface area (Å²) in [5, 5.41) is 7.60. The molecule has 12 heteroatoms. The van der Waals surface area contributed by atoms with E-state index in [1.165, 1.54) is 0 Å². The van der Waals surface area contributed by atoms with Gasteiger partial charge in [-0.15, -0.1) is 11.3 Å². The van der Waals surface area contributed by atoms with Crippen LogP contribution < -0.4 is 5.32 Å². The first kappa shape index (κ1) is 22.8. The number of amides is 1. The molecule has 3 rings (SSSR count). The molecule has 0 atom stereocenters. The summed E-state index contributed by atoms with van der Waals surface area (Å²) in [7, 11) is 0. The number of nitrogens with one attached hydrogen (secondary N) is 1. The Morgan fingerprint density at radius 3 is 2.29 bits per heavy atom. The van der Waals surface area contributed by atoms with Crippen LogP contribution >= 0.6 is 11.3 Å². The number of anilines is 1. The third-order valence-corrected chi connectivity index (χ3v) is 4.95. The van der Waals surface area contributed by atoms with E-state index < -0.39 is 40.8 Å². The summed E-state index contributed by atoms with van der Waals surface area (Å²) in [6.45, 7) is 5.65. The fourth-order valence-electron chi connectivity index (χ4n) is 2.64. The predicted octanol–water partition coefficient (Wildman–Crippen LogP) is 5.92. The number of carbonyl (C=O) groups excluding carboxylic acids is 1. The molecule has 5 nitrogen and oxygen atoms in total. The van der Waals surface area contributed by atoms with Crippen LogP contribution in [-0.4, -0.2) is 20.7 Å². The highest BCUT2D eigenvalue weighted by Gasteiger charge is 2.41. The normalized spacial score (nSPS) is 12.8. The topological polar surface area (TPSA) is 59.8 Å². The monoisotopic (exact) mass is 462 g/mol. The van der Waals surface area contributed by atoms with E-state index in [0.29, 0.717) is 18.0 Å². The Balaban J connectivity index is 2.01. The van der Waals surface area contributed by atoms with Crippen molar-refractivity contribution < 1.29 is 31.1 Å². The zero-order chi connectivity index (χ0) is 23.2. The minimum atomic E-state index is -5.06. The first-order chi connectivity index (χ1) is 14.2. The molecular formula is C19H16F6N4OS. The van der Waals surface area contributed by atoms with Crippen molar-refractivity contribution in [1.82, 2.24) is 14.8 Å². The van der Waals surface area contributed by atoms with Crippen LogP contribution in [0.3, 0.4) is 0 Å². The molecule has 166 valence electrons. The first-order valence-corrected chi connectivity index (χ1v) is 9.66. The molecule has 0 aliphatic carbocycles. The zero-order valence-electron chi connectivity index (χ0n) is 16.4. The number of nitrogens with zero attached hydrogens (tertiary/aromatic N) is 3. The highest BCUT2D eigenvalue weighted by atomic mass is 32.1. The predicted molar refractivity (Wildman–Crippen MR) is 102 cm³/mol. The molecule has 0 bridgehead atoms. The Bertz CT molecular complexity index is 1110. The molecule has 0 radical (unpaired) electrons. The van der Waals surface area contributed by atoms with Gasteiger partial charge in [-0.25, -0.2) is 9.67 Å². The molecule has 1 amide bonds. The molecule has 0 aliphatic rings. The van der Waals surface area contributed by atoms with Crippen LogP contribution in [0.5, 0.6) is 0 Å². The Hall–Kier alpha value is -2.89. The largest absolute Gasteiger partial charge is 0.434 e. The zero-order valence-corrected chi connectivity index (χ0v) is 17.2. The number of halogens is 6. The maximum Gasteiger partial charge on any atom is 0.434 e.